The van der Waals surface area contributed by atoms with Crippen LogP contribution in [-0.2, 0) is 0 Å². The lowest BCUT2D eigenvalue weighted by atomic mass is 10.1. The molecule has 0 saturated carbocycles. The zero-order valence-electron chi connectivity index (χ0n) is 15.1. The first-order valence-corrected chi connectivity index (χ1v) is 9.25. The molecule has 0 bridgehead atoms. The molecule has 6 nitrogen and oxygen atoms in total. The summed E-state index contributed by atoms with van der Waals surface area (Å²) in [4.78, 5) is 20.6. The Balaban J connectivity index is 1.52. The number of hydrogen-bond donors (Lipinski definition) is 0. The summed E-state index contributed by atoms with van der Waals surface area (Å²) in [5, 5.41) is 9.58. The Bertz CT molecular complexity index is 1120. The molecule has 9 heteroatoms. The molecule has 0 aliphatic carbocycles. The van der Waals surface area contributed by atoms with E-state index in [0.29, 0.717) is 36.8 Å². The summed E-state index contributed by atoms with van der Waals surface area (Å²) in [6.45, 7) is 1.95. The van der Waals surface area contributed by atoms with Crippen LogP contribution in [0.2, 0.25) is 5.02 Å². The van der Waals surface area contributed by atoms with E-state index in [1.165, 1.54) is 12.3 Å². The quantitative estimate of drug-likeness (QED) is 0.638. The fourth-order valence-corrected chi connectivity index (χ4v) is 3.62. The average Bonchev–Trinajstić information content (AvgIpc) is 3.18. The van der Waals surface area contributed by atoms with Gasteiger partial charge in [0.1, 0.15) is 5.52 Å². The zero-order chi connectivity index (χ0) is 20.5. The Labute approximate surface area is 169 Å². The number of amides is 1. The molecular formula is C20H15ClF2N4O2. The van der Waals surface area contributed by atoms with E-state index in [0.717, 1.165) is 11.8 Å². The van der Waals surface area contributed by atoms with Crippen molar-refractivity contribution < 1.29 is 18.0 Å². The lowest BCUT2D eigenvalue weighted by Gasteiger charge is -2.36. The van der Waals surface area contributed by atoms with Crippen LogP contribution in [0.25, 0.3) is 11.1 Å². The Morgan fingerprint density at radius 3 is 2.66 bits per heavy atom. The molecule has 148 valence electrons. The molecule has 3 heterocycles. The highest BCUT2D eigenvalue weighted by molar-refractivity contribution is 6.31. The molecule has 1 fully saturated rings. The molecule has 1 aromatic carbocycles. The van der Waals surface area contributed by atoms with E-state index in [-0.39, 0.29) is 22.6 Å². The summed E-state index contributed by atoms with van der Waals surface area (Å²) in [6.07, 6.45) is -1.36. The normalized spacial score (nSPS) is 14.4. The van der Waals surface area contributed by atoms with E-state index < -0.39 is 12.2 Å². The minimum Gasteiger partial charge on any atom is -0.452 e. The Morgan fingerprint density at radius 2 is 1.97 bits per heavy atom. The van der Waals surface area contributed by atoms with E-state index in [1.54, 1.807) is 23.1 Å². The summed E-state index contributed by atoms with van der Waals surface area (Å²) in [6, 6.07) is 9.84. The highest BCUT2D eigenvalue weighted by Crippen LogP contribution is 2.29. The number of benzene rings is 1. The SMILES string of the molecule is N#Cc1cc(Cl)cc(N2CCN(C(=O)c3ccnc4cc(C(F)F)oc34)CC2)c1. The number of rotatable bonds is 3. The molecular weight excluding hydrogens is 402 g/mol. The lowest BCUT2D eigenvalue weighted by Crippen LogP contribution is -2.48. The van der Waals surface area contributed by atoms with Crippen molar-refractivity contribution >= 4 is 34.3 Å². The third-order valence-electron chi connectivity index (χ3n) is 4.82. The molecule has 0 atom stereocenters. The predicted molar refractivity (Wildman–Crippen MR) is 103 cm³/mol. The molecule has 1 saturated heterocycles. The van der Waals surface area contributed by atoms with E-state index in [9.17, 15) is 13.6 Å². The van der Waals surface area contributed by atoms with Crippen LogP contribution in [0.3, 0.4) is 0 Å². The number of nitriles is 1. The van der Waals surface area contributed by atoms with Crippen molar-refractivity contribution in [3.8, 4) is 6.07 Å². The molecule has 29 heavy (non-hydrogen) atoms. The van der Waals surface area contributed by atoms with Gasteiger partial charge in [-0.25, -0.2) is 8.78 Å². The van der Waals surface area contributed by atoms with Gasteiger partial charge in [0, 0.05) is 49.2 Å². The highest BCUT2D eigenvalue weighted by Gasteiger charge is 2.26. The van der Waals surface area contributed by atoms with Gasteiger partial charge in [0.05, 0.1) is 17.2 Å². The van der Waals surface area contributed by atoms with Crippen molar-refractivity contribution in [2.24, 2.45) is 0 Å². The van der Waals surface area contributed by atoms with Crippen molar-refractivity contribution in [3.05, 3.63) is 58.4 Å². The van der Waals surface area contributed by atoms with Crippen LogP contribution in [0.1, 0.15) is 28.1 Å². The van der Waals surface area contributed by atoms with Crippen LogP contribution in [0, 0.1) is 11.3 Å². The molecule has 1 aliphatic rings. The number of hydrogen-bond acceptors (Lipinski definition) is 5. The Kier molecular flexibility index (Phi) is 5.07. The maximum absolute atomic E-state index is 13.0. The number of anilines is 1. The molecule has 4 rings (SSSR count). The molecule has 0 radical (unpaired) electrons. The van der Waals surface area contributed by atoms with Crippen LogP contribution in [-0.4, -0.2) is 42.0 Å². The smallest absolute Gasteiger partial charge is 0.295 e. The van der Waals surface area contributed by atoms with Gasteiger partial charge in [0.15, 0.2) is 11.3 Å². The molecule has 2 aromatic heterocycles. The highest BCUT2D eigenvalue weighted by atomic mass is 35.5. The van der Waals surface area contributed by atoms with Crippen LogP contribution in [0.5, 0.6) is 0 Å². The first kappa shape index (κ1) is 19.2. The van der Waals surface area contributed by atoms with E-state index in [2.05, 4.69) is 11.1 Å². The number of furan rings is 1. The number of aromatic nitrogens is 1. The number of piperazine rings is 1. The number of pyridine rings is 1. The van der Waals surface area contributed by atoms with Crippen molar-refractivity contribution in [1.29, 1.82) is 5.26 Å². The number of carbonyl (C=O) groups excluding carboxylic acids is 1. The van der Waals surface area contributed by atoms with Crippen molar-refractivity contribution in [1.82, 2.24) is 9.88 Å². The largest absolute Gasteiger partial charge is 0.452 e. The molecule has 1 amide bonds. The van der Waals surface area contributed by atoms with Gasteiger partial charge in [-0.15, -0.1) is 0 Å². The number of fused-ring (bicyclic) bond motifs is 1. The molecule has 0 N–H and O–H groups in total. The third-order valence-corrected chi connectivity index (χ3v) is 5.04. The monoisotopic (exact) mass is 416 g/mol. The van der Waals surface area contributed by atoms with Gasteiger partial charge in [-0.05, 0) is 24.3 Å². The second kappa shape index (κ2) is 7.68. The van der Waals surface area contributed by atoms with Crippen LogP contribution < -0.4 is 4.90 Å². The molecule has 0 unspecified atom stereocenters. The first-order valence-electron chi connectivity index (χ1n) is 8.88. The fourth-order valence-electron chi connectivity index (χ4n) is 3.39. The fraction of sp³-hybridized carbons (Fsp3) is 0.250. The minimum absolute atomic E-state index is 0.0729. The van der Waals surface area contributed by atoms with E-state index in [1.807, 2.05) is 4.90 Å². The number of nitrogens with zero attached hydrogens (tertiary/aromatic N) is 4. The minimum atomic E-state index is -2.77. The van der Waals surface area contributed by atoms with Crippen LogP contribution in [0.4, 0.5) is 14.5 Å². The van der Waals surface area contributed by atoms with Crippen molar-refractivity contribution in [2.45, 2.75) is 6.43 Å². The lowest BCUT2D eigenvalue weighted by molar-refractivity contribution is 0.0746. The van der Waals surface area contributed by atoms with Gasteiger partial charge in [-0.1, -0.05) is 11.6 Å². The average molecular weight is 417 g/mol. The topological polar surface area (TPSA) is 73.4 Å². The second-order valence-electron chi connectivity index (χ2n) is 6.61. The van der Waals surface area contributed by atoms with E-state index in [4.69, 9.17) is 21.3 Å². The Hall–Kier alpha value is -3.18. The van der Waals surface area contributed by atoms with Gasteiger partial charge in [0.25, 0.3) is 12.3 Å². The summed E-state index contributed by atoms with van der Waals surface area (Å²) in [5.74, 6) is -0.803. The van der Waals surface area contributed by atoms with Gasteiger partial charge < -0.3 is 14.2 Å². The maximum Gasteiger partial charge on any atom is 0.295 e. The van der Waals surface area contributed by atoms with Gasteiger partial charge in [-0.2, -0.15) is 5.26 Å². The van der Waals surface area contributed by atoms with E-state index >= 15 is 0 Å². The summed E-state index contributed by atoms with van der Waals surface area (Å²) in [5.41, 5.74) is 1.80. The molecule has 1 aliphatic heterocycles. The van der Waals surface area contributed by atoms with Gasteiger partial charge in [-0.3, -0.25) is 9.78 Å². The van der Waals surface area contributed by atoms with Crippen LogP contribution >= 0.6 is 11.6 Å². The van der Waals surface area contributed by atoms with Crippen molar-refractivity contribution in [2.75, 3.05) is 31.1 Å². The first-order chi connectivity index (χ1) is 14.0. The summed E-state index contributed by atoms with van der Waals surface area (Å²) in [7, 11) is 0. The molecule has 0 spiro atoms. The number of carbonyl (C=O) groups is 1. The number of halogens is 3. The standard InChI is InChI=1S/C20H15ClF2N4O2/c21-13-7-12(11-24)8-14(9-13)26-3-5-27(6-4-26)20(28)15-1-2-25-16-10-17(19(22)23)29-18(15)16/h1-2,7-10,19H,3-6H2. The van der Waals surface area contributed by atoms with Gasteiger partial charge >= 0.3 is 0 Å². The molecule has 3 aromatic rings. The van der Waals surface area contributed by atoms with Crippen molar-refractivity contribution in [3.63, 3.8) is 0 Å². The third kappa shape index (κ3) is 3.74. The van der Waals surface area contributed by atoms with Gasteiger partial charge in [0.2, 0.25) is 0 Å². The maximum atomic E-state index is 13.0. The second-order valence-corrected chi connectivity index (χ2v) is 7.05. The number of alkyl halides is 2. The zero-order valence-corrected chi connectivity index (χ0v) is 15.9. The predicted octanol–water partition coefficient (Wildman–Crippen LogP) is 4.25. The Morgan fingerprint density at radius 1 is 1.21 bits per heavy atom. The van der Waals surface area contributed by atoms with Crippen LogP contribution in [0.15, 0.2) is 40.9 Å². The summed E-state index contributed by atoms with van der Waals surface area (Å²) >= 11 is 6.07. The summed E-state index contributed by atoms with van der Waals surface area (Å²) < 4.78 is 31.0.